The zero-order valence-corrected chi connectivity index (χ0v) is 46.4. The van der Waals surface area contributed by atoms with Crippen LogP contribution in [0, 0.1) is 0 Å². The average Bonchev–Trinajstić information content (AvgIpc) is 1.01. The third kappa shape index (κ3) is 8.14. The molecule has 0 N–H and O–H groups in total. The first-order chi connectivity index (χ1) is 42.6. The van der Waals surface area contributed by atoms with E-state index in [1.165, 1.54) is 33.4 Å². The highest BCUT2D eigenvalue weighted by atomic mass is 15.1. The predicted molar refractivity (Wildman–Crippen MR) is 345 cm³/mol. The zero-order chi connectivity index (χ0) is 56.7. The van der Waals surface area contributed by atoms with Crippen LogP contribution in [-0.2, 0) is 0 Å². The van der Waals surface area contributed by atoms with Gasteiger partial charge in [0.2, 0.25) is 0 Å². The molecule has 0 fully saturated rings. The Bertz CT molecular complexity index is 4810. The van der Waals surface area contributed by atoms with Gasteiger partial charge in [0.05, 0.1) is 44.8 Å². The highest BCUT2D eigenvalue weighted by Gasteiger charge is 2.42. The Hall–Kier alpha value is -11.5. The van der Waals surface area contributed by atoms with E-state index in [1.54, 1.807) is 0 Å². The van der Waals surface area contributed by atoms with Gasteiger partial charge in [-0.2, -0.15) is 0 Å². The molecule has 3 aliphatic carbocycles. The molecule has 0 spiro atoms. The number of aromatic nitrogens is 8. The Balaban J connectivity index is 0.793. The molecule has 8 heteroatoms. The van der Waals surface area contributed by atoms with E-state index >= 15 is 0 Å². The van der Waals surface area contributed by atoms with Crippen LogP contribution in [0.15, 0.2) is 291 Å². The van der Waals surface area contributed by atoms with Crippen molar-refractivity contribution in [3.8, 4) is 102 Å². The summed E-state index contributed by atoms with van der Waals surface area (Å²) >= 11 is 0. The Morgan fingerprint density at radius 2 is 0.570 bits per heavy atom. The van der Waals surface area contributed by atoms with Crippen molar-refractivity contribution in [2.75, 3.05) is 0 Å². The number of hydrogen-bond donors (Lipinski definition) is 0. The monoisotopic (exact) mass is 1100 g/mol. The molecule has 2 unspecified atom stereocenters. The minimum atomic E-state index is -0.0263. The third-order valence-electron chi connectivity index (χ3n) is 17.2. The van der Waals surface area contributed by atoms with Crippen LogP contribution >= 0.6 is 0 Å². The highest BCUT2D eigenvalue weighted by Crippen LogP contribution is 2.57. The molecular weight excluding hydrogens is 1050 g/mol. The van der Waals surface area contributed by atoms with Crippen molar-refractivity contribution < 1.29 is 0 Å². The van der Waals surface area contributed by atoms with Gasteiger partial charge in [-0.1, -0.05) is 218 Å². The van der Waals surface area contributed by atoms with E-state index < -0.39 is 0 Å². The summed E-state index contributed by atoms with van der Waals surface area (Å²) in [4.78, 5) is 32.5. The van der Waals surface area contributed by atoms with E-state index in [0.717, 1.165) is 112 Å². The van der Waals surface area contributed by atoms with E-state index in [0.29, 0.717) is 11.6 Å². The van der Waals surface area contributed by atoms with Crippen molar-refractivity contribution >= 4 is 22.1 Å². The first kappa shape index (κ1) is 49.2. The lowest BCUT2D eigenvalue weighted by Gasteiger charge is -2.42. The first-order valence-electron chi connectivity index (χ1n) is 29.2. The second kappa shape index (κ2) is 20.2. The van der Waals surface area contributed by atoms with Crippen LogP contribution in [0.1, 0.15) is 45.2 Å². The molecule has 4 heterocycles. The lowest BCUT2D eigenvalue weighted by Crippen LogP contribution is -2.27. The fourth-order valence-electron chi connectivity index (χ4n) is 13.3. The number of rotatable bonds is 10. The van der Waals surface area contributed by atoms with Crippen LogP contribution in [0.2, 0.25) is 0 Å². The van der Waals surface area contributed by atoms with Gasteiger partial charge in [0.1, 0.15) is 11.6 Å². The summed E-state index contributed by atoms with van der Waals surface area (Å²) < 4.78 is 4.51. The SMILES string of the molecule is c1ccc(-c2cc(-c3ccccc3-c3nc4ccccc4n3-c3ccccc3)nc(-c3ccc4c(c3)C3c5ccccc5C4c4cc(-c5nc(-c6ccccc6)cc(-c6ccccc6-c6nc7ccccc7n6-c6ccccc6)n5)ccc43)n2)cc1. The summed E-state index contributed by atoms with van der Waals surface area (Å²) in [6, 6.07) is 103. The second-order valence-electron chi connectivity index (χ2n) is 22.1. The molecule has 0 radical (unpaired) electrons. The van der Waals surface area contributed by atoms with Crippen molar-refractivity contribution in [3.05, 3.63) is 325 Å². The van der Waals surface area contributed by atoms with Gasteiger partial charge >= 0.3 is 0 Å². The van der Waals surface area contributed by atoms with Crippen LogP contribution in [-0.4, -0.2) is 39.0 Å². The van der Waals surface area contributed by atoms with Gasteiger partial charge in [0.15, 0.2) is 11.6 Å². The van der Waals surface area contributed by atoms with Gasteiger partial charge in [-0.25, -0.2) is 29.9 Å². The average molecular weight is 1100 g/mol. The van der Waals surface area contributed by atoms with Crippen molar-refractivity contribution in [2.45, 2.75) is 11.8 Å². The van der Waals surface area contributed by atoms with Crippen molar-refractivity contribution in [3.63, 3.8) is 0 Å². The number of hydrogen-bond acceptors (Lipinski definition) is 6. The quantitative estimate of drug-likeness (QED) is 0.136. The van der Waals surface area contributed by atoms with Gasteiger partial charge in [0.25, 0.3) is 0 Å². The van der Waals surface area contributed by atoms with Crippen LogP contribution in [0.4, 0.5) is 0 Å². The van der Waals surface area contributed by atoms with E-state index in [1.807, 2.05) is 36.4 Å². The largest absolute Gasteiger partial charge is 0.292 e. The van der Waals surface area contributed by atoms with Crippen molar-refractivity contribution in [2.24, 2.45) is 0 Å². The molecule has 8 nitrogen and oxygen atoms in total. The molecule has 4 aromatic heterocycles. The fourth-order valence-corrected chi connectivity index (χ4v) is 13.3. The fraction of sp³-hybridized carbons (Fsp3) is 0.0256. The van der Waals surface area contributed by atoms with Crippen LogP contribution in [0.25, 0.3) is 124 Å². The van der Waals surface area contributed by atoms with E-state index in [-0.39, 0.29) is 11.8 Å². The normalized spacial score (nSPS) is 13.8. The number of fused-ring (bicyclic) bond motifs is 2. The van der Waals surface area contributed by atoms with Gasteiger partial charge in [-0.3, -0.25) is 9.13 Å². The molecule has 2 bridgehead atoms. The summed E-state index contributed by atoms with van der Waals surface area (Å²) in [7, 11) is 0. The smallest absolute Gasteiger partial charge is 0.160 e. The lowest BCUT2D eigenvalue weighted by atomic mass is 9.61. The molecule has 2 atom stereocenters. The molecule has 11 aromatic carbocycles. The first-order valence-corrected chi connectivity index (χ1v) is 29.2. The number of nitrogens with zero attached hydrogens (tertiary/aromatic N) is 8. The Labute approximate surface area is 496 Å². The molecule has 0 saturated heterocycles. The van der Waals surface area contributed by atoms with Crippen LogP contribution < -0.4 is 0 Å². The highest BCUT2D eigenvalue weighted by molar-refractivity contribution is 5.91. The predicted octanol–water partition coefficient (Wildman–Crippen LogP) is 18.3. The van der Waals surface area contributed by atoms with E-state index in [4.69, 9.17) is 29.9 Å². The molecule has 0 amide bonds. The summed E-state index contributed by atoms with van der Waals surface area (Å²) in [5.41, 5.74) is 24.9. The minimum absolute atomic E-state index is 0.0263. The number of benzene rings is 11. The van der Waals surface area contributed by atoms with Crippen molar-refractivity contribution in [1.82, 2.24) is 39.0 Å². The topological polar surface area (TPSA) is 87.2 Å². The molecule has 0 saturated carbocycles. The number of para-hydroxylation sites is 6. The van der Waals surface area contributed by atoms with Crippen LogP contribution in [0.5, 0.6) is 0 Å². The van der Waals surface area contributed by atoms with E-state index in [2.05, 4.69) is 264 Å². The molecule has 3 aliphatic rings. The maximum absolute atomic E-state index is 5.53. The third-order valence-corrected chi connectivity index (χ3v) is 17.2. The molecule has 0 aliphatic heterocycles. The van der Waals surface area contributed by atoms with Crippen molar-refractivity contribution in [1.29, 1.82) is 0 Å². The van der Waals surface area contributed by atoms with E-state index in [9.17, 15) is 0 Å². The second-order valence-corrected chi connectivity index (χ2v) is 22.1. The Morgan fingerprint density at radius 3 is 1.00 bits per heavy atom. The number of imidazole rings is 2. The minimum Gasteiger partial charge on any atom is -0.292 e. The van der Waals surface area contributed by atoms with Gasteiger partial charge < -0.3 is 0 Å². The molecule has 18 rings (SSSR count). The molecular formula is C78H50N8. The standard InChI is InChI=1S/C78H50N8/c1-5-23-49(24-6-1)67-47-69(55-31-13-17-35-61(55)77-83-65-37-19-21-39-71(65)85(77)53-27-9-3-10-28-53)81-75(79-67)51-41-43-59-63(45-51)73-57-33-15-16-34-58(57)74(59)64-46-52(42-44-60(64)73)76-80-68(50-25-7-2-8-26-50)48-70(82-76)56-32-14-18-36-62(56)78-84-66-38-20-22-40-72(66)86(78)54-29-11-4-12-30-54/h1-48,73-74H. The Kier molecular flexibility index (Phi) is 11.5. The van der Waals surface area contributed by atoms with Gasteiger partial charge in [-0.05, 0) is 106 Å². The van der Waals surface area contributed by atoms with Gasteiger partial charge in [0, 0.05) is 67.7 Å². The summed E-state index contributed by atoms with van der Waals surface area (Å²) in [6.45, 7) is 0. The van der Waals surface area contributed by atoms with Gasteiger partial charge in [-0.15, -0.1) is 0 Å². The molecule has 86 heavy (non-hydrogen) atoms. The Morgan fingerprint density at radius 1 is 0.233 bits per heavy atom. The summed E-state index contributed by atoms with van der Waals surface area (Å²) in [5.74, 6) is 2.95. The molecule has 402 valence electrons. The summed E-state index contributed by atoms with van der Waals surface area (Å²) in [6.07, 6.45) is 0. The summed E-state index contributed by atoms with van der Waals surface area (Å²) in [5, 5.41) is 0. The lowest BCUT2D eigenvalue weighted by molar-refractivity contribution is 0.754. The zero-order valence-electron chi connectivity index (χ0n) is 46.4. The molecule has 15 aromatic rings. The maximum atomic E-state index is 5.53. The van der Waals surface area contributed by atoms with Crippen LogP contribution in [0.3, 0.4) is 0 Å². The maximum Gasteiger partial charge on any atom is 0.160 e.